The van der Waals surface area contributed by atoms with Crippen LogP contribution < -0.4 is 0 Å². The van der Waals surface area contributed by atoms with E-state index in [1.54, 1.807) is 0 Å². The van der Waals surface area contributed by atoms with Crippen molar-refractivity contribution < 1.29 is 80.2 Å². The van der Waals surface area contributed by atoms with Crippen LogP contribution in [0.2, 0.25) is 0 Å². The minimum atomic E-state index is -4.96. The van der Waals surface area contributed by atoms with E-state index in [-0.39, 0.29) is 25.7 Å². The Labute approximate surface area is 594 Å². The van der Waals surface area contributed by atoms with Gasteiger partial charge in [0.15, 0.2) is 12.2 Å². The first-order valence-corrected chi connectivity index (χ1v) is 43.5. The van der Waals surface area contributed by atoms with E-state index in [1.165, 1.54) is 212 Å². The Morgan fingerprint density at radius 3 is 0.784 bits per heavy atom. The number of esters is 4. The molecule has 0 saturated carbocycles. The number of aliphatic hydroxyl groups is 1. The van der Waals surface area contributed by atoms with Crippen molar-refractivity contribution in [2.75, 3.05) is 39.6 Å². The molecule has 3 unspecified atom stereocenters. The third kappa shape index (κ3) is 70.9. The Morgan fingerprint density at radius 2 is 0.526 bits per heavy atom. The number of phosphoric ester groups is 2. The molecule has 0 aromatic carbocycles. The van der Waals surface area contributed by atoms with E-state index in [9.17, 15) is 43.2 Å². The van der Waals surface area contributed by atoms with E-state index in [0.717, 1.165) is 115 Å². The number of hydrogen-bond acceptors (Lipinski definition) is 15. The van der Waals surface area contributed by atoms with E-state index < -0.39 is 97.5 Å². The first-order chi connectivity index (χ1) is 46.9. The number of phosphoric acid groups is 2. The van der Waals surface area contributed by atoms with Crippen LogP contribution in [-0.2, 0) is 65.4 Å². The van der Waals surface area contributed by atoms with Crippen molar-refractivity contribution in [2.24, 2.45) is 11.8 Å². The van der Waals surface area contributed by atoms with Crippen LogP contribution in [0.25, 0.3) is 0 Å². The number of rotatable bonds is 77. The van der Waals surface area contributed by atoms with Gasteiger partial charge in [0.2, 0.25) is 0 Å². The lowest BCUT2D eigenvalue weighted by molar-refractivity contribution is -0.161. The Balaban J connectivity index is 5.19. The number of carbonyl (C=O) groups excluding carboxylic acids is 4. The first kappa shape index (κ1) is 95.1. The molecule has 0 heterocycles. The molecule has 0 fully saturated rings. The Kier molecular flexibility index (Phi) is 68.4. The van der Waals surface area contributed by atoms with Crippen LogP contribution in [0.15, 0.2) is 0 Å². The minimum Gasteiger partial charge on any atom is -0.462 e. The number of hydrogen-bond donors (Lipinski definition) is 3. The fraction of sp³-hybridized carbons (Fsp3) is 0.949. The predicted molar refractivity (Wildman–Crippen MR) is 395 cm³/mol. The second-order valence-electron chi connectivity index (χ2n) is 28.8. The van der Waals surface area contributed by atoms with Gasteiger partial charge in [-0.15, -0.1) is 0 Å². The van der Waals surface area contributed by atoms with Gasteiger partial charge in [0.05, 0.1) is 26.4 Å². The van der Waals surface area contributed by atoms with E-state index in [2.05, 4.69) is 41.5 Å². The molecule has 0 aromatic heterocycles. The van der Waals surface area contributed by atoms with Gasteiger partial charge in [-0.1, -0.05) is 356 Å². The van der Waals surface area contributed by atoms with Crippen molar-refractivity contribution in [2.45, 2.75) is 426 Å². The van der Waals surface area contributed by atoms with E-state index >= 15 is 0 Å². The lowest BCUT2D eigenvalue weighted by Gasteiger charge is -2.21. The van der Waals surface area contributed by atoms with E-state index in [4.69, 9.17) is 37.0 Å². The van der Waals surface area contributed by atoms with Crippen molar-refractivity contribution in [3.63, 3.8) is 0 Å². The monoisotopic (exact) mass is 1420 g/mol. The molecule has 0 saturated heterocycles. The highest BCUT2D eigenvalue weighted by atomic mass is 31.2. The standard InChI is InChI=1S/C78H152O17P2/c1-7-10-12-14-16-17-18-19-20-21-22-23-27-32-37-43-49-55-61-76(81)89-67-74(95-77(82)62-56-50-44-38-33-28-25-24-26-31-36-42-47-53-59-71(6)9-3)69-93-97(86,87)91-65-72(79)64-90-96(84,85)92-68-73(66-88-75(80)60-54-48-40-15-13-11-8-2)94-78(83)63-57-51-45-39-34-29-30-35-41-46-52-58-70(4)5/h70-74,79H,7-69H2,1-6H3,(H,84,85)(H,86,87)/t71?,72-,73+,74+/m0/s1. The van der Waals surface area contributed by atoms with Crippen molar-refractivity contribution in [3.05, 3.63) is 0 Å². The predicted octanol–water partition coefficient (Wildman–Crippen LogP) is 23.1. The smallest absolute Gasteiger partial charge is 0.462 e. The SMILES string of the molecule is CCCCCCCCCCCCCCCCCCCCC(=O)OC[C@H](COP(=O)(O)OC[C@@H](O)COP(=O)(O)OC[C@@H](COC(=O)CCCCCCCCC)OC(=O)CCCCCCCCCCCCCC(C)C)OC(=O)CCCCCCCCCCCCCCCCC(C)CC. The molecular weight excluding hydrogens is 1270 g/mol. The quantitative estimate of drug-likeness (QED) is 0.0222. The lowest BCUT2D eigenvalue weighted by atomic mass is 9.99. The van der Waals surface area contributed by atoms with Gasteiger partial charge < -0.3 is 33.8 Å². The average molecular weight is 1420 g/mol. The van der Waals surface area contributed by atoms with Crippen LogP contribution >= 0.6 is 15.6 Å². The maximum Gasteiger partial charge on any atom is 0.472 e. The maximum atomic E-state index is 13.1. The third-order valence-electron chi connectivity index (χ3n) is 18.6. The fourth-order valence-corrected chi connectivity index (χ4v) is 13.6. The van der Waals surface area contributed by atoms with Gasteiger partial charge in [-0.25, -0.2) is 9.13 Å². The van der Waals surface area contributed by atoms with Crippen LogP contribution in [0.3, 0.4) is 0 Å². The largest absolute Gasteiger partial charge is 0.472 e. The summed E-state index contributed by atoms with van der Waals surface area (Å²) < 4.78 is 68.5. The molecule has 17 nitrogen and oxygen atoms in total. The summed E-state index contributed by atoms with van der Waals surface area (Å²) in [6, 6.07) is 0. The summed E-state index contributed by atoms with van der Waals surface area (Å²) >= 11 is 0. The molecule has 576 valence electrons. The van der Waals surface area contributed by atoms with Gasteiger partial charge in [0.25, 0.3) is 0 Å². The molecule has 19 heteroatoms. The first-order valence-electron chi connectivity index (χ1n) is 40.5. The van der Waals surface area contributed by atoms with Crippen LogP contribution in [-0.4, -0.2) is 96.7 Å². The Hall–Kier alpha value is -1.94. The molecule has 0 aliphatic carbocycles. The van der Waals surface area contributed by atoms with Gasteiger partial charge >= 0.3 is 39.5 Å². The maximum absolute atomic E-state index is 13.1. The molecule has 6 atom stereocenters. The summed E-state index contributed by atoms with van der Waals surface area (Å²) in [5, 5.41) is 10.6. The molecule has 97 heavy (non-hydrogen) atoms. The van der Waals surface area contributed by atoms with Gasteiger partial charge in [-0.2, -0.15) is 0 Å². The zero-order valence-electron chi connectivity index (χ0n) is 63.4. The molecule has 3 N–H and O–H groups in total. The second-order valence-corrected chi connectivity index (χ2v) is 31.7. The van der Waals surface area contributed by atoms with Crippen LogP contribution in [0.1, 0.15) is 408 Å². The highest BCUT2D eigenvalue weighted by molar-refractivity contribution is 7.47. The van der Waals surface area contributed by atoms with Crippen molar-refractivity contribution >= 4 is 39.5 Å². The number of aliphatic hydroxyl groups excluding tert-OH is 1. The zero-order chi connectivity index (χ0) is 71.4. The molecule has 0 aliphatic heterocycles. The molecule has 0 radical (unpaired) electrons. The van der Waals surface area contributed by atoms with Crippen molar-refractivity contribution in [3.8, 4) is 0 Å². The van der Waals surface area contributed by atoms with Gasteiger partial charge in [0, 0.05) is 25.7 Å². The Bertz CT molecular complexity index is 1870. The van der Waals surface area contributed by atoms with Gasteiger partial charge in [-0.05, 0) is 37.5 Å². The summed E-state index contributed by atoms with van der Waals surface area (Å²) in [6.07, 6.45) is 58.3. The molecule has 0 spiro atoms. The van der Waals surface area contributed by atoms with Crippen molar-refractivity contribution in [1.29, 1.82) is 0 Å². The summed E-state index contributed by atoms with van der Waals surface area (Å²) in [4.78, 5) is 72.8. The molecule has 0 amide bonds. The fourth-order valence-electron chi connectivity index (χ4n) is 12.0. The highest BCUT2D eigenvalue weighted by Gasteiger charge is 2.30. The second kappa shape index (κ2) is 69.8. The summed E-state index contributed by atoms with van der Waals surface area (Å²) in [5.74, 6) is -0.505. The van der Waals surface area contributed by atoms with Crippen LogP contribution in [0, 0.1) is 11.8 Å². The van der Waals surface area contributed by atoms with E-state index in [0.29, 0.717) is 25.7 Å². The Morgan fingerprint density at radius 1 is 0.299 bits per heavy atom. The van der Waals surface area contributed by atoms with Crippen LogP contribution in [0.5, 0.6) is 0 Å². The molecule has 0 aromatic rings. The molecular formula is C78H152O17P2. The topological polar surface area (TPSA) is 237 Å². The molecule has 0 rings (SSSR count). The van der Waals surface area contributed by atoms with Gasteiger partial charge in [0.1, 0.15) is 19.3 Å². The normalized spacial score (nSPS) is 14.2. The van der Waals surface area contributed by atoms with Gasteiger partial charge in [-0.3, -0.25) is 37.3 Å². The zero-order valence-corrected chi connectivity index (χ0v) is 65.2. The summed E-state index contributed by atoms with van der Waals surface area (Å²) in [6.45, 7) is 9.63. The minimum absolute atomic E-state index is 0.106. The summed E-state index contributed by atoms with van der Waals surface area (Å²) in [7, 11) is -9.91. The third-order valence-corrected chi connectivity index (χ3v) is 20.5. The van der Waals surface area contributed by atoms with Crippen LogP contribution in [0.4, 0.5) is 0 Å². The average Bonchev–Trinajstić information content (AvgIpc) is 1.88. The molecule has 0 aliphatic rings. The lowest BCUT2D eigenvalue weighted by Crippen LogP contribution is -2.30. The van der Waals surface area contributed by atoms with Crippen molar-refractivity contribution in [1.82, 2.24) is 0 Å². The molecule has 0 bridgehead atoms. The highest BCUT2D eigenvalue weighted by Crippen LogP contribution is 2.45. The number of ether oxygens (including phenoxy) is 4. The number of unbranched alkanes of at least 4 members (excludes halogenated alkanes) is 46. The summed E-state index contributed by atoms with van der Waals surface area (Å²) in [5.41, 5.74) is 0. The number of carbonyl (C=O) groups is 4. The van der Waals surface area contributed by atoms with E-state index in [1.807, 2.05) is 0 Å².